The highest BCUT2D eigenvalue weighted by molar-refractivity contribution is 6.03. The fraction of sp³-hybridized carbons (Fsp3) is 0.480. The number of benzene rings is 1. The van der Waals surface area contributed by atoms with E-state index < -0.39 is 34.7 Å². The number of nitro groups is 1. The lowest BCUT2D eigenvalue weighted by molar-refractivity contribution is -0.384. The van der Waals surface area contributed by atoms with E-state index in [1.165, 1.54) is 25.3 Å². The molecule has 1 aromatic carbocycles. The number of non-ortho nitro benzene ring substituents is 1. The quantitative estimate of drug-likeness (QED) is 0.221. The minimum Gasteiger partial charge on any atom is -0.466 e. The largest absolute Gasteiger partial charge is 0.466 e. The molecule has 10 heteroatoms. The van der Waals surface area contributed by atoms with E-state index in [1.807, 2.05) is 6.92 Å². The number of allylic oxidation sites excluding steroid dienone is 2. The Labute approximate surface area is 204 Å². The van der Waals surface area contributed by atoms with Crippen LogP contribution in [0.25, 0.3) is 0 Å². The van der Waals surface area contributed by atoms with Gasteiger partial charge in [0, 0.05) is 29.1 Å². The Balaban J connectivity index is 2.54. The summed E-state index contributed by atoms with van der Waals surface area (Å²) < 4.78 is 10.3. The van der Waals surface area contributed by atoms with E-state index in [9.17, 15) is 24.5 Å². The summed E-state index contributed by atoms with van der Waals surface area (Å²) in [4.78, 5) is 49.9. The number of ether oxygens (including phenoxy) is 2. The zero-order valence-corrected chi connectivity index (χ0v) is 21.0. The smallest absolute Gasteiger partial charge is 0.336 e. The Morgan fingerprint density at radius 2 is 1.83 bits per heavy atom. The van der Waals surface area contributed by atoms with Crippen LogP contribution >= 0.6 is 0 Å². The first-order chi connectivity index (χ1) is 16.5. The van der Waals surface area contributed by atoms with Crippen molar-refractivity contribution in [1.82, 2.24) is 10.6 Å². The third-order valence-electron chi connectivity index (χ3n) is 5.77. The summed E-state index contributed by atoms with van der Waals surface area (Å²) in [6.45, 7) is 9.13. The number of carbonyl (C=O) groups is 3. The number of esters is 2. The number of methoxy groups -OCH3 is 1. The van der Waals surface area contributed by atoms with Gasteiger partial charge in [-0.2, -0.15) is 0 Å². The predicted molar refractivity (Wildman–Crippen MR) is 129 cm³/mol. The van der Waals surface area contributed by atoms with E-state index in [4.69, 9.17) is 9.47 Å². The van der Waals surface area contributed by atoms with Crippen molar-refractivity contribution in [3.8, 4) is 0 Å². The van der Waals surface area contributed by atoms with Crippen molar-refractivity contribution in [3.05, 3.63) is 62.5 Å². The first-order valence-corrected chi connectivity index (χ1v) is 11.5. The number of unbranched alkanes of at least 4 members (excludes halogenated alkanes) is 1. The maximum atomic E-state index is 13.6. The highest BCUT2D eigenvalue weighted by Crippen LogP contribution is 2.39. The van der Waals surface area contributed by atoms with Gasteiger partial charge in [0.1, 0.15) is 6.04 Å². The number of dihydropyridines is 1. The lowest BCUT2D eigenvalue weighted by atomic mass is 9.79. The SMILES string of the molecule is CCCCOC(=O)C(NC(=O)C1=C(C)NC(C)=C(C(=O)OC)C1c1cccc([N+](=O)[O-])c1)C(C)C. The number of hydrogen-bond acceptors (Lipinski definition) is 8. The Hall–Kier alpha value is -3.69. The molecule has 10 nitrogen and oxygen atoms in total. The Morgan fingerprint density at radius 3 is 2.40 bits per heavy atom. The highest BCUT2D eigenvalue weighted by Gasteiger charge is 2.39. The molecule has 1 aliphatic rings. The fourth-order valence-corrected chi connectivity index (χ4v) is 3.95. The second-order valence-corrected chi connectivity index (χ2v) is 8.70. The summed E-state index contributed by atoms with van der Waals surface area (Å²) >= 11 is 0. The zero-order valence-electron chi connectivity index (χ0n) is 21.0. The number of amides is 1. The lowest BCUT2D eigenvalue weighted by Crippen LogP contribution is -2.47. The monoisotopic (exact) mass is 487 g/mol. The van der Waals surface area contributed by atoms with Gasteiger partial charge in [-0.15, -0.1) is 0 Å². The summed E-state index contributed by atoms with van der Waals surface area (Å²) in [6, 6.07) is 4.84. The van der Waals surface area contributed by atoms with Crippen LogP contribution in [0.1, 0.15) is 58.9 Å². The molecule has 0 radical (unpaired) electrons. The third-order valence-corrected chi connectivity index (χ3v) is 5.77. The summed E-state index contributed by atoms with van der Waals surface area (Å²) in [5.41, 5.74) is 1.41. The molecule has 0 aromatic heterocycles. The average Bonchev–Trinajstić information content (AvgIpc) is 2.81. The molecule has 1 aliphatic heterocycles. The van der Waals surface area contributed by atoms with Gasteiger partial charge in [-0.25, -0.2) is 9.59 Å². The van der Waals surface area contributed by atoms with Gasteiger partial charge in [-0.05, 0) is 31.7 Å². The van der Waals surface area contributed by atoms with Gasteiger partial charge in [0.15, 0.2) is 0 Å². The van der Waals surface area contributed by atoms with Crippen LogP contribution in [-0.2, 0) is 23.9 Å². The number of nitrogens with zero attached hydrogens (tertiary/aromatic N) is 1. The molecule has 2 N–H and O–H groups in total. The molecule has 2 unspecified atom stereocenters. The number of carbonyl (C=O) groups excluding carboxylic acids is 3. The van der Waals surface area contributed by atoms with Gasteiger partial charge in [0.25, 0.3) is 11.6 Å². The summed E-state index contributed by atoms with van der Waals surface area (Å²) in [6.07, 6.45) is 1.57. The normalized spacial score (nSPS) is 16.5. The Kier molecular flexibility index (Phi) is 9.56. The van der Waals surface area contributed by atoms with Crippen LogP contribution in [-0.4, -0.2) is 42.5 Å². The first kappa shape index (κ1) is 27.6. The van der Waals surface area contributed by atoms with Crippen LogP contribution in [0.15, 0.2) is 46.8 Å². The van der Waals surface area contributed by atoms with E-state index >= 15 is 0 Å². The Bertz CT molecular complexity index is 1060. The molecule has 2 rings (SSSR count). The van der Waals surface area contributed by atoms with Crippen LogP contribution < -0.4 is 10.6 Å². The molecule has 190 valence electrons. The maximum absolute atomic E-state index is 13.6. The molecule has 1 amide bonds. The van der Waals surface area contributed by atoms with Gasteiger partial charge >= 0.3 is 11.9 Å². The molecular weight excluding hydrogens is 454 g/mol. The van der Waals surface area contributed by atoms with Crippen molar-refractivity contribution in [2.24, 2.45) is 5.92 Å². The number of nitrogens with one attached hydrogen (secondary N) is 2. The van der Waals surface area contributed by atoms with Crippen molar-refractivity contribution in [3.63, 3.8) is 0 Å². The molecule has 0 spiro atoms. The minimum absolute atomic E-state index is 0.148. The molecule has 1 heterocycles. The predicted octanol–water partition coefficient (Wildman–Crippen LogP) is 3.49. The number of nitro benzene ring substituents is 1. The fourth-order valence-electron chi connectivity index (χ4n) is 3.95. The van der Waals surface area contributed by atoms with Crippen molar-refractivity contribution in [1.29, 1.82) is 0 Å². The second-order valence-electron chi connectivity index (χ2n) is 8.70. The van der Waals surface area contributed by atoms with Gasteiger partial charge < -0.3 is 20.1 Å². The first-order valence-electron chi connectivity index (χ1n) is 11.5. The van der Waals surface area contributed by atoms with E-state index in [0.29, 0.717) is 23.4 Å². The molecule has 1 aromatic rings. The molecule has 0 bridgehead atoms. The van der Waals surface area contributed by atoms with Crippen molar-refractivity contribution < 1.29 is 28.8 Å². The van der Waals surface area contributed by atoms with E-state index in [-0.39, 0.29) is 29.4 Å². The van der Waals surface area contributed by atoms with E-state index in [0.717, 1.165) is 6.42 Å². The van der Waals surface area contributed by atoms with Gasteiger partial charge in [-0.3, -0.25) is 14.9 Å². The molecule has 2 atom stereocenters. The van der Waals surface area contributed by atoms with Crippen LogP contribution in [0.2, 0.25) is 0 Å². The Morgan fingerprint density at radius 1 is 1.17 bits per heavy atom. The van der Waals surface area contributed by atoms with Crippen LogP contribution in [0.5, 0.6) is 0 Å². The molecule has 0 fully saturated rings. The van der Waals surface area contributed by atoms with Gasteiger partial charge in [-0.1, -0.05) is 39.3 Å². The van der Waals surface area contributed by atoms with Crippen LogP contribution in [0.4, 0.5) is 5.69 Å². The topological polar surface area (TPSA) is 137 Å². The number of hydrogen-bond donors (Lipinski definition) is 2. The summed E-state index contributed by atoms with van der Waals surface area (Å²) in [5, 5.41) is 17.2. The molecule has 35 heavy (non-hydrogen) atoms. The average molecular weight is 488 g/mol. The summed E-state index contributed by atoms with van der Waals surface area (Å²) in [5.74, 6) is -3.03. The molecule has 0 aliphatic carbocycles. The van der Waals surface area contributed by atoms with Gasteiger partial charge in [0.2, 0.25) is 0 Å². The standard InChI is InChI=1S/C25H33N3O7/c1-7-8-12-35-25(31)22(14(2)3)27-23(29)19-15(4)26-16(5)20(24(30)34-6)21(19)17-10-9-11-18(13-17)28(32)33/h9-11,13-14,21-22,26H,7-8,12H2,1-6H3,(H,27,29). The third kappa shape index (κ3) is 6.46. The molecule has 0 saturated carbocycles. The van der Waals surface area contributed by atoms with Crippen LogP contribution in [0, 0.1) is 16.0 Å². The van der Waals surface area contributed by atoms with Crippen molar-refractivity contribution in [2.75, 3.05) is 13.7 Å². The van der Waals surface area contributed by atoms with E-state index in [2.05, 4.69) is 10.6 Å². The maximum Gasteiger partial charge on any atom is 0.336 e. The highest BCUT2D eigenvalue weighted by atomic mass is 16.6. The molecular formula is C25H33N3O7. The van der Waals surface area contributed by atoms with Gasteiger partial charge in [0.05, 0.1) is 30.1 Å². The minimum atomic E-state index is -0.951. The zero-order chi connectivity index (χ0) is 26.3. The molecule has 0 saturated heterocycles. The van der Waals surface area contributed by atoms with Crippen molar-refractivity contribution in [2.45, 2.75) is 59.4 Å². The summed E-state index contributed by atoms with van der Waals surface area (Å²) in [7, 11) is 1.22. The van der Waals surface area contributed by atoms with E-state index in [1.54, 1.807) is 33.8 Å². The van der Waals surface area contributed by atoms with Crippen LogP contribution in [0.3, 0.4) is 0 Å². The second kappa shape index (κ2) is 12.1. The lowest BCUT2D eigenvalue weighted by Gasteiger charge is -2.32. The van der Waals surface area contributed by atoms with Crippen molar-refractivity contribution >= 4 is 23.5 Å². The number of rotatable bonds is 10.